The molecule has 1 N–H and O–H groups in total. The fourth-order valence-electron chi connectivity index (χ4n) is 4.21. The highest BCUT2D eigenvalue weighted by atomic mass is 16.6. The molecule has 1 unspecified atom stereocenters. The summed E-state index contributed by atoms with van der Waals surface area (Å²) in [6.07, 6.45) is 13.9. The van der Waals surface area contributed by atoms with Crippen LogP contribution in [0.25, 0.3) is 0 Å². The fourth-order valence-corrected chi connectivity index (χ4v) is 4.21. The molecule has 3 rings (SSSR count). The summed E-state index contributed by atoms with van der Waals surface area (Å²) in [6.45, 7) is 0. The Labute approximate surface area is 144 Å². The summed E-state index contributed by atoms with van der Waals surface area (Å²) in [5.41, 5.74) is -1.83. The average Bonchev–Trinajstić information content (AvgIpc) is 3.17. The van der Waals surface area contributed by atoms with E-state index in [4.69, 9.17) is 11.2 Å². The standard InChI is InChI=1S/C21H26O3/c1-2-20(15-9-4-10-16-20)24-19(22)21(23,18-13-7-8-14-18)17-11-5-3-6-12-17/h1,3,5-6,11-12,18,23H,4,7-10,13-16H2. The van der Waals surface area contributed by atoms with Gasteiger partial charge in [-0.3, -0.25) is 0 Å². The Kier molecular flexibility index (Phi) is 4.96. The molecular formula is C21H26O3. The second-order valence-electron chi connectivity index (χ2n) is 7.20. The van der Waals surface area contributed by atoms with Crippen molar-refractivity contribution in [2.75, 3.05) is 0 Å². The van der Waals surface area contributed by atoms with E-state index in [1.807, 2.05) is 30.3 Å². The first kappa shape index (κ1) is 17.0. The van der Waals surface area contributed by atoms with Crippen LogP contribution in [-0.4, -0.2) is 16.7 Å². The van der Waals surface area contributed by atoms with Crippen LogP contribution in [0, 0.1) is 18.3 Å². The molecule has 2 aliphatic carbocycles. The summed E-state index contributed by atoms with van der Waals surface area (Å²) < 4.78 is 5.84. The molecule has 0 spiro atoms. The fraction of sp³-hybridized carbons (Fsp3) is 0.571. The van der Waals surface area contributed by atoms with Crippen LogP contribution in [0.5, 0.6) is 0 Å². The van der Waals surface area contributed by atoms with E-state index >= 15 is 0 Å². The number of hydrogen-bond donors (Lipinski definition) is 1. The van der Waals surface area contributed by atoms with Crippen molar-refractivity contribution in [3.8, 4) is 12.3 Å². The molecule has 0 radical (unpaired) electrons. The number of benzene rings is 1. The molecule has 0 aromatic heterocycles. The molecule has 0 aliphatic heterocycles. The topological polar surface area (TPSA) is 46.5 Å². The molecule has 1 atom stereocenters. The molecule has 2 aliphatic rings. The van der Waals surface area contributed by atoms with Gasteiger partial charge in [-0.2, -0.15) is 0 Å². The molecule has 24 heavy (non-hydrogen) atoms. The van der Waals surface area contributed by atoms with Gasteiger partial charge in [0.2, 0.25) is 0 Å². The quantitative estimate of drug-likeness (QED) is 0.673. The molecule has 3 heteroatoms. The number of esters is 1. The first-order chi connectivity index (χ1) is 11.6. The summed E-state index contributed by atoms with van der Waals surface area (Å²) >= 11 is 0. The summed E-state index contributed by atoms with van der Waals surface area (Å²) in [5, 5.41) is 11.4. The lowest BCUT2D eigenvalue weighted by Gasteiger charge is -2.38. The summed E-state index contributed by atoms with van der Waals surface area (Å²) in [4.78, 5) is 13.1. The highest BCUT2D eigenvalue weighted by Crippen LogP contribution is 2.43. The van der Waals surface area contributed by atoms with Crippen molar-refractivity contribution in [1.82, 2.24) is 0 Å². The van der Waals surface area contributed by atoms with Gasteiger partial charge in [0.1, 0.15) is 0 Å². The van der Waals surface area contributed by atoms with Gasteiger partial charge in [0.05, 0.1) is 0 Å². The minimum Gasteiger partial charge on any atom is -0.443 e. The molecule has 1 aromatic carbocycles. The number of terminal acetylenes is 1. The number of rotatable bonds is 4. The molecule has 0 heterocycles. The molecule has 128 valence electrons. The van der Waals surface area contributed by atoms with E-state index < -0.39 is 17.2 Å². The number of hydrogen-bond acceptors (Lipinski definition) is 3. The Bertz CT molecular complexity index is 604. The number of aliphatic hydroxyl groups is 1. The molecule has 3 nitrogen and oxygen atoms in total. The molecule has 0 amide bonds. The largest absolute Gasteiger partial charge is 0.443 e. The van der Waals surface area contributed by atoms with E-state index in [1.54, 1.807) is 0 Å². The second-order valence-corrected chi connectivity index (χ2v) is 7.20. The lowest BCUT2D eigenvalue weighted by molar-refractivity contribution is -0.187. The Hall–Kier alpha value is -1.79. The van der Waals surface area contributed by atoms with Crippen LogP contribution in [0.2, 0.25) is 0 Å². The van der Waals surface area contributed by atoms with E-state index in [9.17, 15) is 9.90 Å². The number of carbonyl (C=O) groups excluding carboxylic acids is 1. The Morgan fingerprint density at radius 1 is 1.12 bits per heavy atom. The van der Waals surface area contributed by atoms with E-state index in [0.717, 1.165) is 44.9 Å². The molecular weight excluding hydrogens is 300 g/mol. The Balaban J connectivity index is 1.90. The second kappa shape index (κ2) is 6.99. The van der Waals surface area contributed by atoms with Gasteiger partial charge < -0.3 is 9.84 Å². The van der Waals surface area contributed by atoms with Crippen LogP contribution in [0.15, 0.2) is 30.3 Å². The van der Waals surface area contributed by atoms with Crippen molar-refractivity contribution in [2.45, 2.75) is 69.0 Å². The molecule has 1 aromatic rings. The van der Waals surface area contributed by atoms with Crippen LogP contribution in [0.1, 0.15) is 63.4 Å². The smallest absolute Gasteiger partial charge is 0.344 e. The van der Waals surface area contributed by atoms with Crippen LogP contribution in [-0.2, 0) is 15.1 Å². The van der Waals surface area contributed by atoms with Crippen molar-refractivity contribution in [3.05, 3.63) is 35.9 Å². The van der Waals surface area contributed by atoms with Crippen molar-refractivity contribution in [1.29, 1.82) is 0 Å². The van der Waals surface area contributed by atoms with Gasteiger partial charge in [-0.25, -0.2) is 4.79 Å². The maximum Gasteiger partial charge on any atom is 0.344 e. The van der Waals surface area contributed by atoms with Gasteiger partial charge in [0.15, 0.2) is 11.2 Å². The van der Waals surface area contributed by atoms with E-state index in [0.29, 0.717) is 18.4 Å². The van der Waals surface area contributed by atoms with Crippen LogP contribution in [0.4, 0.5) is 0 Å². The highest BCUT2D eigenvalue weighted by Gasteiger charge is 2.50. The van der Waals surface area contributed by atoms with Gasteiger partial charge in [-0.15, -0.1) is 6.42 Å². The number of ether oxygens (including phenoxy) is 1. The lowest BCUT2D eigenvalue weighted by Crippen LogP contribution is -2.48. The minimum absolute atomic E-state index is 0.106. The van der Waals surface area contributed by atoms with Gasteiger partial charge in [-0.1, -0.05) is 55.5 Å². The normalized spacial score (nSPS) is 23.2. The predicted octanol–water partition coefficient (Wildman–Crippen LogP) is 3.94. The van der Waals surface area contributed by atoms with Crippen LogP contribution >= 0.6 is 0 Å². The van der Waals surface area contributed by atoms with Gasteiger partial charge in [0.25, 0.3) is 0 Å². The van der Waals surface area contributed by atoms with Crippen molar-refractivity contribution in [3.63, 3.8) is 0 Å². The predicted molar refractivity (Wildman–Crippen MR) is 93.0 cm³/mol. The Morgan fingerprint density at radius 2 is 1.75 bits per heavy atom. The summed E-state index contributed by atoms with van der Waals surface area (Å²) in [5.74, 6) is 2.03. The van der Waals surface area contributed by atoms with Gasteiger partial charge >= 0.3 is 5.97 Å². The Morgan fingerprint density at radius 3 is 2.33 bits per heavy atom. The zero-order chi connectivity index (χ0) is 17.0. The van der Waals surface area contributed by atoms with Gasteiger partial charge in [0, 0.05) is 5.92 Å². The van der Waals surface area contributed by atoms with Crippen molar-refractivity contribution in [2.24, 2.45) is 5.92 Å². The number of carbonyl (C=O) groups is 1. The van der Waals surface area contributed by atoms with Crippen LogP contribution < -0.4 is 0 Å². The molecule has 2 saturated carbocycles. The summed E-state index contributed by atoms with van der Waals surface area (Å²) in [6, 6.07) is 9.19. The molecule has 0 saturated heterocycles. The third-order valence-electron chi connectivity index (χ3n) is 5.68. The molecule has 0 bridgehead atoms. The van der Waals surface area contributed by atoms with E-state index in [-0.39, 0.29) is 5.92 Å². The monoisotopic (exact) mass is 326 g/mol. The molecule has 2 fully saturated rings. The zero-order valence-corrected chi connectivity index (χ0v) is 14.2. The maximum absolute atomic E-state index is 13.1. The van der Waals surface area contributed by atoms with Gasteiger partial charge in [-0.05, 0) is 44.1 Å². The average molecular weight is 326 g/mol. The SMILES string of the molecule is C#CC1(OC(=O)C(O)(c2ccccc2)C2CCCC2)CCCCC1. The zero-order valence-electron chi connectivity index (χ0n) is 14.2. The van der Waals surface area contributed by atoms with Crippen molar-refractivity contribution >= 4 is 5.97 Å². The first-order valence-electron chi connectivity index (χ1n) is 9.10. The minimum atomic E-state index is -1.60. The van der Waals surface area contributed by atoms with E-state index in [2.05, 4.69) is 5.92 Å². The first-order valence-corrected chi connectivity index (χ1v) is 9.10. The van der Waals surface area contributed by atoms with Crippen LogP contribution in [0.3, 0.4) is 0 Å². The third-order valence-corrected chi connectivity index (χ3v) is 5.68. The van der Waals surface area contributed by atoms with E-state index in [1.165, 1.54) is 0 Å². The lowest BCUT2D eigenvalue weighted by atomic mass is 9.79. The maximum atomic E-state index is 13.1. The third kappa shape index (κ3) is 3.08. The van der Waals surface area contributed by atoms with Crippen molar-refractivity contribution < 1.29 is 14.6 Å². The summed E-state index contributed by atoms with van der Waals surface area (Å²) in [7, 11) is 0. The highest BCUT2D eigenvalue weighted by molar-refractivity contribution is 5.82.